The van der Waals surface area contributed by atoms with Crippen LogP contribution in [0.4, 0.5) is 0 Å². The summed E-state index contributed by atoms with van der Waals surface area (Å²) in [6, 6.07) is 7.08. The Labute approximate surface area is 135 Å². The second-order valence-electron chi connectivity index (χ2n) is 6.00. The SMILES string of the molecule is O=C(O)C1CN(C(=O)c2ccc(OC3CCCC3)cc2)CCO1. The summed E-state index contributed by atoms with van der Waals surface area (Å²) in [4.78, 5) is 25.0. The van der Waals surface area contributed by atoms with E-state index in [2.05, 4.69) is 0 Å². The van der Waals surface area contributed by atoms with Crippen LogP contribution in [0.3, 0.4) is 0 Å². The highest BCUT2D eigenvalue weighted by Gasteiger charge is 2.29. The molecule has 1 amide bonds. The number of carbonyl (C=O) groups excluding carboxylic acids is 1. The lowest BCUT2D eigenvalue weighted by Gasteiger charge is -2.31. The van der Waals surface area contributed by atoms with Crippen molar-refractivity contribution in [1.29, 1.82) is 0 Å². The number of carboxylic acid groups (broad SMARTS) is 1. The first kappa shape index (κ1) is 15.8. The number of morpholine rings is 1. The quantitative estimate of drug-likeness (QED) is 0.918. The number of ether oxygens (including phenoxy) is 2. The van der Waals surface area contributed by atoms with Gasteiger partial charge in [0.2, 0.25) is 0 Å². The van der Waals surface area contributed by atoms with Crippen LogP contribution in [0.15, 0.2) is 24.3 Å². The Bertz CT molecular complexity index is 565. The molecule has 3 rings (SSSR count). The summed E-state index contributed by atoms with van der Waals surface area (Å²) in [5.74, 6) is -0.436. The molecule has 1 unspecified atom stereocenters. The van der Waals surface area contributed by atoms with Crippen LogP contribution < -0.4 is 4.74 Å². The van der Waals surface area contributed by atoms with Crippen molar-refractivity contribution >= 4 is 11.9 Å². The van der Waals surface area contributed by atoms with Crippen molar-refractivity contribution < 1.29 is 24.2 Å². The lowest BCUT2D eigenvalue weighted by atomic mass is 10.1. The molecule has 0 radical (unpaired) electrons. The minimum Gasteiger partial charge on any atom is -0.490 e. The van der Waals surface area contributed by atoms with Crippen LogP contribution in [-0.4, -0.2) is 53.8 Å². The van der Waals surface area contributed by atoms with Crippen molar-refractivity contribution in [3.8, 4) is 5.75 Å². The molecule has 1 saturated carbocycles. The second kappa shape index (κ2) is 7.00. The monoisotopic (exact) mass is 319 g/mol. The van der Waals surface area contributed by atoms with Gasteiger partial charge in [-0.1, -0.05) is 0 Å². The summed E-state index contributed by atoms with van der Waals surface area (Å²) < 4.78 is 11.0. The number of amides is 1. The second-order valence-corrected chi connectivity index (χ2v) is 6.00. The molecular formula is C17H21NO5. The molecule has 23 heavy (non-hydrogen) atoms. The minimum atomic E-state index is -1.04. The van der Waals surface area contributed by atoms with Crippen molar-refractivity contribution in [3.63, 3.8) is 0 Å². The van der Waals surface area contributed by atoms with Gasteiger partial charge in [0.1, 0.15) is 5.75 Å². The highest BCUT2D eigenvalue weighted by atomic mass is 16.5. The molecule has 124 valence electrons. The number of hydrogen-bond acceptors (Lipinski definition) is 4. The van der Waals surface area contributed by atoms with E-state index in [0.717, 1.165) is 18.6 Å². The van der Waals surface area contributed by atoms with E-state index >= 15 is 0 Å². The van der Waals surface area contributed by atoms with Crippen LogP contribution in [0, 0.1) is 0 Å². The number of rotatable bonds is 4. The number of carbonyl (C=O) groups is 2. The topological polar surface area (TPSA) is 76.1 Å². The summed E-state index contributed by atoms with van der Waals surface area (Å²) >= 11 is 0. The first-order chi connectivity index (χ1) is 11.1. The number of benzene rings is 1. The number of aliphatic carboxylic acids is 1. The van der Waals surface area contributed by atoms with Crippen molar-refractivity contribution in [3.05, 3.63) is 29.8 Å². The minimum absolute atomic E-state index is 0.0779. The largest absolute Gasteiger partial charge is 0.490 e. The van der Waals surface area contributed by atoms with Gasteiger partial charge in [-0.3, -0.25) is 4.79 Å². The molecule has 1 atom stereocenters. The molecule has 1 aromatic rings. The summed E-state index contributed by atoms with van der Waals surface area (Å²) in [5, 5.41) is 9.00. The van der Waals surface area contributed by atoms with E-state index in [1.54, 1.807) is 24.3 Å². The number of hydrogen-bond donors (Lipinski definition) is 1. The van der Waals surface area contributed by atoms with E-state index in [-0.39, 0.29) is 25.2 Å². The smallest absolute Gasteiger partial charge is 0.334 e. The molecule has 1 aromatic carbocycles. The molecule has 1 N–H and O–H groups in total. The Morgan fingerprint density at radius 2 is 1.87 bits per heavy atom. The molecule has 1 heterocycles. The Morgan fingerprint density at radius 3 is 2.52 bits per heavy atom. The molecule has 1 aliphatic carbocycles. The van der Waals surface area contributed by atoms with E-state index in [9.17, 15) is 9.59 Å². The Hall–Kier alpha value is -2.08. The zero-order valence-corrected chi connectivity index (χ0v) is 12.9. The van der Waals surface area contributed by atoms with Gasteiger partial charge in [-0.15, -0.1) is 0 Å². The molecule has 0 bridgehead atoms. The maximum atomic E-state index is 12.5. The molecule has 0 spiro atoms. The fraction of sp³-hybridized carbons (Fsp3) is 0.529. The standard InChI is InChI=1S/C17H21NO5/c19-16(18-9-10-22-15(11-18)17(20)21)12-5-7-14(8-6-12)23-13-3-1-2-4-13/h5-8,13,15H,1-4,9-11H2,(H,20,21). The van der Waals surface area contributed by atoms with E-state index < -0.39 is 12.1 Å². The van der Waals surface area contributed by atoms with Crippen LogP contribution in [-0.2, 0) is 9.53 Å². The molecule has 6 heteroatoms. The van der Waals surface area contributed by atoms with Crippen molar-refractivity contribution in [1.82, 2.24) is 4.90 Å². The third-order valence-electron chi connectivity index (χ3n) is 4.34. The van der Waals surface area contributed by atoms with E-state index in [1.807, 2.05) is 0 Å². The maximum Gasteiger partial charge on any atom is 0.334 e. The predicted octanol–water partition coefficient (Wildman–Crippen LogP) is 1.93. The summed E-state index contributed by atoms with van der Waals surface area (Å²) in [6.07, 6.45) is 3.94. The van der Waals surface area contributed by atoms with Gasteiger partial charge in [0, 0.05) is 12.1 Å². The molecular weight excluding hydrogens is 298 g/mol. The summed E-state index contributed by atoms with van der Waals surface area (Å²) in [5.41, 5.74) is 0.537. The van der Waals surface area contributed by atoms with Crippen molar-refractivity contribution in [2.45, 2.75) is 37.9 Å². The highest BCUT2D eigenvalue weighted by molar-refractivity contribution is 5.94. The van der Waals surface area contributed by atoms with Gasteiger partial charge in [0.15, 0.2) is 6.10 Å². The van der Waals surface area contributed by atoms with Crippen molar-refractivity contribution in [2.75, 3.05) is 19.7 Å². The fourth-order valence-corrected chi connectivity index (χ4v) is 3.04. The lowest BCUT2D eigenvalue weighted by molar-refractivity contribution is -0.154. The van der Waals surface area contributed by atoms with Crippen LogP contribution in [0.5, 0.6) is 5.75 Å². The van der Waals surface area contributed by atoms with Gasteiger partial charge in [0.25, 0.3) is 5.91 Å². The van der Waals surface area contributed by atoms with Gasteiger partial charge in [0.05, 0.1) is 19.3 Å². The molecule has 6 nitrogen and oxygen atoms in total. The molecule has 1 aliphatic heterocycles. The van der Waals surface area contributed by atoms with Crippen LogP contribution in [0.1, 0.15) is 36.0 Å². The average molecular weight is 319 g/mol. The molecule has 2 aliphatic rings. The third-order valence-corrected chi connectivity index (χ3v) is 4.34. The van der Waals surface area contributed by atoms with E-state index in [4.69, 9.17) is 14.6 Å². The van der Waals surface area contributed by atoms with E-state index in [1.165, 1.54) is 17.7 Å². The molecule has 0 aromatic heterocycles. The summed E-state index contributed by atoms with van der Waals surface area (Å²) in [6.45, 7) is 0.725. The fourth-order valence-electron chi connectivity index (χ4n) is 3.04. The Balaban J connectivity index is 1.61. The van der Waals surface area contributed by atoms with Crippen LogP contribution >= 0.6 is 0 Å². The zero-order valence-electron chi connectivity index (χ0n) is 12.9. The number of carboxylic acids is 1. The normalized spacial score (nSPS) is 22.1. The average Bonchev–Trinajstić information content (AvgIpc) is 3.08. The predicted molar refractivity (Wildman–Crippen MR) is 82.6 cm³/mol. The van der Waals surface area contributed by atoms with Gasteiger partial charge in [-0.2, -0.15) is 0 Å². The Kier molecular flexibility index (Phi) is 4.81. The van der Waals surface area contributed by atoms with E-state index in [0.29, 0.717) is 12.1 Å². The molecule has 1 saturated heterocycles. The van der Waals surface area contributed by atoms with Gasteiger partial charge in [-0.25, -0.2) is 4.79 Å². The van der Waals surface area contributed by atoms with Crippen molar-refractivity contribution in [2.24, 2.45) is 0 Å². The number of nitrogens with zero attached hydrogens (tertiary/aromatic N) is 1. The lowest BCUT2D eigenvalue weighted by Crippen LogP contribution is -2.48. The Morgan fingerprint density at radius 1 is 1.17 bits per heavy atom. The third kappa shape index (κ3) is 3.82. The van der Waals surface area contributed by atoms with Gasteiger partial charge < -0.3 is 19.5 Å². The van der Waals surface area contributed by atoms with Crippen LogP contribution in [0.2, 0.25) is 0 Å². The molecule has 2 fully saturated rings. The highest BCUT2D eigenvalue weighted by Crippen LogP contribution is 2.24. The first-order valence-corrected chi connectivity index (χ1v) is 8.04. The van der Waals surface area contributed by atoms with Crippen LogP contribution in [0.25, 0.3) is 0 Å². The summed E-state index contributed by atoms with van der Waals surface area (Å²) in [7, 11) is 0. The zero-order chi connectivity index (χ0) is 16.2. The maximum absolute atomic E-state index is 12.5. The van der Waals surface area contributed by atoms with Gasteiger partial charge >= 0.3 is 5.97 Å². The van der Waals surface area contributed by atoms with Gasteiger partial charge in [-0.05, 0) is 49.9 Å². The first-order valence-electron chi connectivity index (χ1n) is 8.04.